The van der Waals surface area contributed by atoms with E-state index < -0.39 is 0 Å². The fourth-order valence-electron chi connectivity index (χ4n) is 3.90. The molecule has 0 saturated heterocycles. The number of benzene rings is 1. The van der Waals surface area contributed by atoms with Crippen LogP contribution in [0.4, 0.5) is 4.39 Å². The fraction of sp³-hybridized carbons (Fsp3) is 0.545. The maximum absolute atomic E-state index is 14.5. The number of hydrogen-bond donors (Lipinski definition) is 0. The Hall–Kier alpha value is -1.97. The first-order chi connectivity index (χ1) is 12.7. The van der Waals surface area contributed by atoms with Crippen molar-refractivity contribution in [2.75, 3.05) is 6.61 Å². The van der Waals surface area contributed by atoms with Gasteiger partial charge in [-0.2, -0.15) is 0 Å². The van der Waals surface area contributed by atoms with Gasteiger partial charge in [0, 0.05) is 11.6 Å². The Morgan fingerprint density at radius 3 is 2.38 bits per heavy atom. The normalized spacial score (nSPS) is 20.1. The monoisotopic (exact) mass is 356 g/mol. The molecule has 2 aromatic rings. The number of hydrogen-bond acceptors (Lipinski definition) is 3. The van der Waals surface area contributed by atoms with Crippen LogP contribution in [-0.2, 0) is 6.42 Å². The van der Waals surface area contributed by atoms with E-state index >= 15 is 0 Å². The summed E-state index contributed by atoms with van der Waals surface area (Å²) in [5.41, 5.74) is 2.23. The highest BCUT2D eigenvalue weighted by atomic mass is 19.1. The lowest BCUT2D eigenvalue weighted by molar-refractivity contribution is 0.258. The predicted octanol–water partition coefficient (Wildman–Crippen LogP) is 5.83. The molecule has 1 aliphatic rings. The second-order valence-electron chi connectivity index (χ2n) is 7.33. The maximum atomic E-state index is 14.5. The summed E-state index contributed by atoms with van der Waals surface area (Å²) in [6.45, 7) is 4.74. The second kappa shape index (κ2) is 9.11. The maximum Gasteiger partial charge on any atom is 0.233 e. The van der Waals surface area contributed by atoms with Crippen molar-refractivity contribution in [3.8, 4) is 17.1 Å². The van der Waals surface area contributed by atoms with E-state index in [-0.39, 0.29) is 5.82 Å². The second-order valence-corrected chi connectivity index (χ2v) is 7.33. The molecule has 1 aromatic heterocycles. The van der Waals surface area contributed by atoms with Crippen LogP contribution in [0.15, 0.2) is 30.3 Å². The van der Waals surface area contributed by atoms with Gasteiger partial charge in [0.15, 0.2) is 0 Å². The van der Waals surface area contributed by atoms with Crippen LogP contribution in [0.5, 0.6) is 5.88 Å². The quantitative estimate of drug-likeness (QED) is 0.626. The van der Waals surface area contributed by atoms with Crippen LogP contribution in [0.25, 0.3) is 11.3 Å². The predicted molar refractivity (Wildman–Crippen MR) is 103 cm³/mol. The summed E-state index contributed by atoms with van der Waals surface area (Å²) in [6.07, 6.45) is 8.52. The number of halogens is 1. The third kappa shape index (κ3) is 4.80. The largest absolute Gasteiger partial charge is 0.477 e. The molecule has 0 amide bonds. The van der Waals surface area contributed by atoms with Crippen molar-refractivity contribution >= 4 is 0 Å². The van der Waals surface area contributed by atoms with Gasteiger partial charge in [-0.3, -0.25) is 0 Å². The Morgan fingerprint density at radius 1 is 1.00 bits per heavy atom. The van der Waals surface area contributed by atoms with E-state index in [4.69, 9.17) is 4.74 Å². The molecule has 0 bridgehead atoms. The number of aromatic nitrogens is 2. The van der Waals surface area contributed by atoms with Crippen molar-refractivity contribution < 1.29 is 9.13 Å². The molecule has 1 fully saturated rings. The van der Waals surface area contributed by atoms with Gasteiger partial charge in [-0.25, -0.2) is 4.39 Å². The minimum atomic E-state index is -0.138. The Balaban J connectivity index is 1.59. The van der Waals surface area contributed by atoms with Crippen molar-refractivity contribution in [3.05, 3.63) is 41.7 Å². The molecule has 1 saturated carbocycles. The number of ether oxygens (including phenoxy) is 1. The zero-order valence-electron chi connectivity index (χ0n) is 15.9. The summed E-state index contributed by atoms with van der Waals surface area (Å²) in [4.78, 5) is 0. The van der Waals surface area contributed by atoms with E-state index in [9.17, 15) is 4.39 Å². The van der Waals surface area contributed by atoms with Gasteiger partial charge in [0.1, 0.15) is 5.82 Å². The van der Waals surface area contributed by atoms with Gasteiger partial charge >= 0.3 is 0 Å². The lowest BCUT2D eigenvalue weighted by atomic mass is 9.78. The van der Waals surface area contributed by atoms with Gasteiger partial charge in [0.2, 0.25) is 5.88 Å². The topological polar surface area (TPSA) is 35.0 Å². The molecule has 0 spiro atoms. The summed E-state index contributed by atoms with van der Waals surface area (Å²) in [7, 11) is 0. The van der Waals surface area contributed by atoms with Crippen molar-refractivity contribution in [1.29, 1.82) is 0 Å². The van der Waals surface area contributed by atoms with Crippen molar-refractivity contribution in [3.63, 3.8) is 0 Å². The number of nitrogens with zero attached hydrogens (tertiary/aromatic N) is 2. The van der Waals surface area contributed by atoms with Crippen molar-refractivity contribution in [1.82, 2.24) is 10.2 Å². The van der Waals surface area contributed by atoms with E-state index in [1.165, 1.54) is 32.1 Å². The van der Waals surface area contributed by atoms with E-state index in [1.807, 2.05) is 25.1 Å². The average molecular weight is 356 g/mol. The van der Waals surface area contributed by atoms with Crippen LogP contribution in [-0.4, -0.2) is 16.8 Å². The van der Waals surface area contributed by atoms with Gasteiger partial charge in [0.05, 0.1) is 12.3 Å². The van der Waals surface area contributed by atoms with Crippen LogP contribution in [0.3, 0.4) is 0 Å². The van der Waals surface area contributed by atoms with Gasteiger partial charge in [-0.1, -0.05) is 51.2 Å². The average Bonchev–Trinajstić information content (AvgIpc) is 2.68. The van der Waals surface area contributed by atoms with Crippen LogP contribution >= 0.6 is 0 Å². The molecule has 4 heteroatoms. The zero-order chi connectivity index (χ0) is 18.4. The van der Waals surface area contributed by atoms with E-state index in [0.29, 0.717) is 18.2 Å². The highest BCUT2D eigenvalue weighted by Gasteiger charge is 2.20. The third-order valence-electron chi connectivity index (χ3n) is 5.65. The SMILES string of the molecule is CCOc1ccc(-c2ccc(CC[C@H]3CC[C@H](CC)CC3)c(F)c2)nn1. The fourth-order valence-corrected chi connectivity index (χ4v) is 3.90. The molecule has 3 nitrogen and oxygen atoms in total. The molecule has 0 radical (unpaired) electrons. The van der Waals surface area contributed by atoms with Gasteiger partial charge in [0.25, 0.3) is 0 Å². The Morgan fingerprint density at radius 2 is 1.77 bits per heavy atom. The van der Waals surface area contributed by atoms with Gasteiger partial charge < -0.3 is 4.74 Å². The summed E-state index contributed by atoms with van der Waals surface area (Å²) >= 11 is 0. The molecular formula is C22H29FN2O. The zero-order valence-corrected chi connectivity index (χ0v) is 15.9. The number of rotatable bonds is 7. The molecule has 3 rings (SSSR count). The molecule has 1 aromatic carbocycles. The molecule has 140 valence electrons. The lowest BCUT2D eigenvalue weighted by Gasteiger charge is -2.27. The molecule has 0 N–H and O–H groups in total. The summed E-state index contributed by atoms with van der Waals surface area (Å²) in [5, 5.41) is 8.14. The highest BCUT2D eigenvalue weighted by molar-refractivity contribution is 5.59. The minimum absolute atomic E-state index is 0.138. The highest BCUT2D eigenvalue weighted by Crippen LogP contribution is 2.33. The standard InChI is InChI=1S/C22H29FN2O/c1-3-16-5-7-17(8-6-16)9-10-18-11-12-19(15-20(18)23)21-13-14-22(25-24-21)26-4-2/h11-17H,3-10H2,1-2H3/t16-,17-. The summed E-state index contributed by atoms with van der Waals surface area (Å²) < 4.78 is 19.8. The molecule has 1 aliphatic carbocycles. The minimum Gasteiger partial charge on any atom is -0.477 e. The van der Waals surface area contributed by atoms with Crippen LogP contribution in [0.1, 0.15) is 57.9 Å². The Kier molecular flexibility index (Phi) is 6.59. The summed E-state index contributed by atoms with van der Waals surface area (Å²) in [5.74, 6) is 2.03. The molecule has 0 atom stereocenters. The first-order valence-electron chi connectivity index (χ1n) is 9.94. The molecule has 1 heterocycles. The first-order valence-corrected chi connectivity index (χ1v) is 9.94. The molecule has 0 unspecified atom stereocenters. The van der Waals surface area contributed by atoms with Crippen LogP contribution in [0.2, 0.25) is 0 Å². The first kappa shape index (κ1) is 18.8. The summed E-state index contributed by atoms with van der Waals surface area (Å²) in [6, 6.07) is 9.01. The van der Waals surface area contributed by atoms with Gasteiger partial charge in [-0.15, -0.1) is 10.2 Å². The Bertz CT molecular complexity index is 694. The van der Waals surface area contributed by atoms with Crippen LogP contribution in [0, 0.1) is 17.7 Å². The van der Waals surface area contributed by atoms with Crippen molar-refractivity contribution in [2.24, 2.45) is 11.8 Å². The van der Waals surface area contributed by atoms with E-state index in [1.54, 1.807) is 12.1 Å². The molecular weight excluding hydrogens is 327 g/mol. The molecule has 0 aliphatic heterocycles. The smallest absolute Gasteiger partial charge is 0.233 e. The Labute approximate surface area is 156 Å². The van der Waals surface area contributed by atoms with Crippen LogP contribution < -0.4 is 4.74 Å². The van der Waals surface area contributed by atoms with E-state index in [0.717, 1.165) is 35.8 Å². The van der Waals surface area contributed by atoms with Crippen molar-refractivity contribution in [2.45, 2.75) is 58.8 Å². The number of aryl methyl sites for hydroxylation is 1. The van der Waals surface area contributed by atoms with Gasteiger partial charge in [-0.05, 0) is 49.3 Å². The van der Waals surface area contributed by atoms with E-state index in [2.05, 4.69) is 17.1 Å². The lowest BCUT2D eigenvalue weighted by Crippen LogP contribution is -2.14. The molecule has 26 heavy (non-hydrogen) atoms. The third-order valence-corrected chi connectivity index (χ3v) is 5.65.